The van der Waals surface area contributed by atoms with Crippen molar-refractivity contribution in [3.63, 3.8) is 0 Å². The summed E-state index contributed by atoms with van der Waals surface area (Å²) in [5.74, 6) is 1.67. The minimum atomic E-state index is -0.411. The lowest BCUT2D eigenvalue weighted by Crippen LogP contribution is -2.47. The summed E-state index contributed by atoms with van der Waals surface area (Å²) >= 11 is 0. The number of nitro groups is 1. The molecule has 0 saturated heterocycles. The molecule has 1 aliphatic rings. The van der Waals surface area contributed by atoms with Crippen LogP contribution in [0.15, 0.2) is 40.8 Å². The van der Waals surface area contributed by atoms with E-state index >= 15 is 0 Å². The lowest BCUT2D eigenvalue weighted by Gasteiger charge is -2.28. The van der Waals surface area contributed by atoms with Gasteiger partial charge in [-0.25, -0.2) is 0 Å². The average Bonchev–Trinajstić information content (AvgIpc) is 3.32. The molecule has 2 N–H and O–H groups in total. The first kappa shape index (κ1) is 15.7. The summed E-state index contributed by atoms with van der Waals surface area (Å²) in [5.41, 5.74) is 0.196. The summed E-state index contributed by atoms with van der Waals surface area (Å²) in [7, 11) is 0. The fraction of sp³-hybridized carbons (Fsp3) is 0.412. The van der Waals surface area contributed by atoms with Crippen LogP contribution in [0.5, 0.6) is 0 Å². The molecule has 122 valence electrons. The highest BCUT2D eigenvalue weighted by Gasteiger charge is 2.40. The standard InChI is InChI=1S/C17H20N2O4/c1-17(11-20,12-6-7-12)18-10-13-8-9-16(23-13)14-4-2-3-5-15(14)19(21)22/h2-5,8-9,12,18,20H,6-7,10-11H2,1H3. The highest BCUT2D eigenvalue weighted by molar-refractivity contribution is 5.69. The highest BCUT2D eigenvalue weighted by Crippen LogP contribution is 2.39. The molecule has 1 saturated carbocycles. The maximum atomic E-state index is 11.1. The van der Waals surface area contributed by atoms with Crippen LogP contribution in [0.2, 0.25) is 0 Å². The number of para-hydroxylation sites is 1. The van der Waals surface area contributed by atoms with Crippen LogP contribution in [0.25, 0.3) is 11.3 Å². The van der Waals surface area contributed by atoms with Gasteiger partial charge in [-0.2, -0.15) is 0 Å². The Kier molecular flexibility index (Phi) is 4.19. The van der Waals surface area contributed by atoms with E-state index in [0.29, 0.717) is 29.5 Å². The molecule has 1 aliphatic carbocycles. The zero-order valence-electron chi connectivity index (χ0n) is 13.0. The third-order valence-electron chi connectivity index (χ3n) is 4.50. The molecule has 0 aliphatic heterocycles. The van der Waals surface area contributed by atoms with Gasteiger partial charge < -0.3 is 14.8 Å². The Balaban J connectivity index is 1.75. The molecule has 1 atom stereocenters. The first-order valence-electron chi connectivity index (χ1n) is 7.72. The average molecular weight is 316 g/mol. The van der Waals surface area contributed by atoms with Gasteiger partial charge in [-0.3, -0.25) is 10.1 Å². The molecule has 1 heterocycles. The van der Waals surface area contributed by atoms with Crippen molar-refractivity contribution in [2.24, 2.45) is 5.92 Å². The number of nitrogens with zero attached hydrogens (tertiary/aromatic N) is 1. The Bertz CT molecular complexity index is 708. The second-order valence-electron chi connectivity index (χ2n) is 6.24. The zero-order chi connectivity index (χ0) is 16.4. The number of aliphatic hydroxyl groups is 1. The van der Waals surface area contributed by atoms with Gasteiger partial charge in [0.05, 0.1) is 23.6 Å². The summed E-state index contributed by atoms with van der Waals surface area (Å²) in [6, 6.07) is 10.1. The molecule has 1 aromatic carbocycles. The Hall–Kier alpha value is -2.18. The van der Waals surface area contributed by atoms with E-state index in [9.17, 15) is 15.2 Å². The number of hydrogen-bond acceptors (Lipinski definition) is 5. The van der Waals surface area contributed by atoms with E-state index in [1.807, 2.05) is 13.0 Å². The van der Waals surface area contributed by atoms with Crippen molar-refractivity contribution in [2.45, 2.75) is 31.8 Å². The monoisotopic (exact) mass is 316 g/mol. The number of benzene rings is 1. The molecule has 23 heavy (non-hydrogen) atoms. The van der Waals surface area contributed by atoms with Crippen LogP contribution in [0, 0.1) is 16.0 Å². The molecular formula is C17H20N2O4. The van der Waals surface area contributed by atoms with Crippen LogP contribution in [-0.4, -0.2) is 22.2 Å². The number of aliphatic hydroxyl groups excluding tert-OH is 1. The van der Waals surface area contributed by atoms with Gasteiger partial charge in [-0.15, -0.1) is 0 Å². The Labute approximate surface area is 134 Å². The van der Waals surface area contributed by atoms with Crippen molar-refractivity contribution in [3.8, 4) is 11.3 Å². The summed E-state index contributed by atoms with van der Waals surface area (Å²) in [5, 5.41) is 24.0. The summed E-state index contributed by atoms with van der Waals surface area (Å²) < 4.78 is 5.75. The molecule has 1 fully saturated rings. The van der Waals surface area contributed by atoms with Crippen molar-refractivity contribution in [3.05, 3.63) is 52.3 Å². The van der Waals surface area contributed by atoms with E-state index in [1.165, 1.54) is 6.07 Å². The van der Waals surface area contributed by atoms with E-state index in [0.717, 1.165) is 12.8 Å². The van der Waals surface area contributed by atoms with Crippen molar-refractivity contribution < 1.29 is 14.4 Å². The van der Waals surface area contributed by atoms with E-state index in [1.54, 1.807) is 24.3 Å². The number of rotatable bonds is 7. The highest BCUT2D eigenvalue weighted by atomic mass is 16.6. The maximum Gasteiger partial charge on any atom is 0.280 e. The van der Waals surface area contributed by atoms with Gasteiger partial charge in [0.1, 0.15) is 11.5 Å². The van der Waals surface area contributed by atoms with Gasteiger partial charge in [-0.05, 0) is 43.9 Å². The molecule has 6 heteroatoms. The molecule has 0 spiro atoms. The molecule has 0 amide bonds. The summed E-state index contributed by atoms with van der Waals surface area (Å²) in [4.78, 5) is 10.7. The van der Waals surface area contributed by atoms with Crippen molar-refractivity contribution in [1.82, 2.24) is 5.32 Å². The minimum Gasteiger partial charge on any atom is -0.459 e. The normalized spacial score (nSPS) is 17.0. The lowest BCUT2D eigenvalue weighted by molar-refractivity contribution is -0.384. The van der Waals surface area contributed by atoms with Gasteiger partial charge in [0, 0.05) is 11.6 Å². The number of hydrogen-bond donors (Lipinski definition) is 2. The van der Waals surface area contributed by atoms with E-state index in [4.69, 9.17) is 4.42 Å². The van der Waals surface area contributed by atoms with E-state index in [-0.39, 0.29) is 17.8 Å². The quantitative estimate of drug-likeness (QED) is 0.605. The number of nitrogens with one attached hydrogen (secondary N) is 1. The largest absolute Gasteiger partial charge is 0.459 e. The van der Waals surface area contributed by atoms with Gasteiger partial charge in [0.2, 0.25) is 0 Å². The number of furan rings is 1. The van der Waals surface area contributed by atoms with E-state index in [2.05, 4.69) is 5.32 Å². The summed E-state index contributed by atoms with van der Waals surface area (Å²) in [6.45, 7) is 2.57. The van der Waals surface area contributed by atoms with Gasteiger partial charge in [-0.1, -0.05) is 12.1 Å². The molecule has 2 aromatic rings. The summed E-state index contributed by atoms with van der Waals surface area (Å²) in [6.07, 6.45) is 2.26. The van der Waals surface area contributed by atoms with Crippen LogP contribution in [-0.2, 0) is 6.54 Å². The number of nitro benzene ring substituents is 1. The van der Waals surface area contributed by atoms with Crippen LogP contribution in [0.4, 0.5) is 5.69 Å². The molecule has 6 nitrogen and oxygen atoms in total. The molecule has 0 radical (unpaired) electrons. The fourth-order valence-corrected chi connectivity index (χ4v) is 2.80. The SMILES string of the molecule is CC(CO)(NCc1ccc(-c2ccccc2[N+](=O)[O-])o1)C1CC1. The maximum absolute atomic E-state index is 11.1. The zero-order valence-corrected chi connectivity index (χ0v) is 13.0. The first-order valence-corrected chi connectivity index (χ1v) is 7.72. The Morgan fingerprint density at radius 3 is 2.74 bits per heavy atom. The lowest BCUT2D eigenvalue weighted by atomic mass is 9.97. The topological polar surface area (TPSA) is 88.5 Å². The van der Waals surface area contributed by atoms with Gasteiger partial charge in [0.15, 0.2) is 0 Å². The molecule has 1 unspecified atom stereocenters. The van der Waals surface area contributed by atoms with Gasteiger partial charge in [0.25, 0.3) is 5.69 Å². The fourth-order valence-electron chi connectivity index (χ4n) is 2.80. The molecular weight excluding hydrogens is 296 g/mol. The van der Waals surface area contributed by atoms with Crippen LogP contribution < -0.4 is 5.32 Å². The van der Waals surface area contributed by atoms with Gasteiger partial charge >= 0.3 is 0 Å². The third-order valence-corrected chi connectivity index (χ3v) is 4.50. The smallest absolute Gasteiger partial charge is 0.280 e. The predicted molar refractivity (Wildman–Crippen MR) is 85.9 cm³/mol. The molecule has 3 rings (SSSR count). The van der Waals surface area contributed by atoms with Crippen LogP contribution in [0.3, 0.4) is 0 Å². The second kappa shape index (κ2) is 6.14. The van der Waals surface area contributed by atoms with E-state index < -0.39 is 4.92 Å². The first-order chi connectivity index (χ1) is 11.0. The third kappa shape index (κ3) is 3.28. The second-order valence-corrected chi connectivity index (χ2v) is 6.24. The predicted octanol–water partition coefficient (Wildman–Crippen LogP) is 3.11. The minimum absolute atomic E-state index is 0.0273. The van der Waals surface area contributed by atoms with Crippen LogP contribution in [0.1, 0.15) is 25.5 Å². The van der Waals surface area contributed by atoms with Crippen molar-refractivity contribution in [2.75, 3.05) is 6.61 Å². The van der Waals surface area contributed by atoms with Crippen LogP contribution >= 0.6 is 0 Å². The van der Waals surface area contributed by atoms with Crippen molar-refractivity contribution >= 4 is 5.69 Å². The molecule has 0 bridgehead atoms. The Morgan fingerprint density at radius 1 is 1.35 bits per heavy atom. The Morgan fingerprint density at radius 2 is 2.09 bits per heavy atom. The van der Waals surface area contributed by atoms with Crippen molar-refractivity contribution in [1.29, 1.82) is 0 Å². The molecule has 1 aromatic heterocycles.